The van der Waals surface area contributed by atoms with Crippen molar-refractivity contribution >= 4 is 5.91 Å². The summed E-state index contributed by atoms with van der Waals surface area (Å²) in [5, 5.41) is 11.4. The van der Waals surface area contributed by atoms with Gasteiger partial charge < -0.3 is 11.1 Å². The highest BCUT2D eigenvalue weighted by molar-refractivity contribution is 5.81. The second kappa shape index (κ2) is 4.97. The van der Waals surface area contributed by atoms with E-state index < -0.39 is 11.5 Å². The Morgan fingerprint density at radius 2 is 2.07 bits per heavy atom. The maximum absolute atomic E-state index is 11.4. The number of nitriles is 1. The first kappa shape index (κ1) is 12.9. The maximum atomic E-state index is 11.4. The molecule has 0 radical (unpaired) electrons. The van der Waals surface area contributed by atoms with E-state index in [2.05, 4.69) is 11.4 Å². The topological polar surface area (TPSA) is 78.9 Å². The van der Waals surface area contributed by atoms with Crippen molar-refractivity contribution in [2.24, 2.45) is 17.1 Å². The summed E-state index contributed by atoms with van der Waals surface area (Å²) in [5.41, 5.74) is 5.10. The number of hydrogen-bond donors (Lipinski definition) is 2. The summed E-state index contributed by atoms with van der Waals surface area (Å²) in [6.07, 6.45) is 0. The molecular weight excluding hydrogens is 178 g/mol. The fourth-order valence-electron chi connectivity index (χ4n) is 0.768. The van der Waals surface area contributed by atoms with Crippen molar-refractivity contribution in [3.05, 3.63) is 0 Å². The Morgan fingerprint density at radius 3 is 2.43 bits per heavy atom. The average molecular weight is 197 g/mol. The van der Waals surface area contributed by atoms with E-state index in [1.54, 1.807) is 13.8 Å². The van der Waals surface area contributed by atoms with Gasteiger partial charge >= 0.3 is 0 Å². The minimum Gasteiger partial charge on any atom is -0.353 e. The number of nitrogens with zero attached hydrogens (tertiary/aromatic N) is 1. The third-order valence-electron chi connectivity index (χ3n) is 2.03. The quantitative estimate of drug-likeness (QED) is 0.694. The molecule has 14 heavy (non-hydrogen) atoms. The Bertz CT molecular complexity index is 240. The van der Waals surface area contributed by atoms with Crippen LogP contribution in [0.25, 0.3) is 0 Å². The van der Waals surface area contributed by atoms with E-state index in [0.717, 1.165) is 0 Å². The first-order chi connectivity index (χ1) is 6.30. The summed E-state index contributed by atoms with van der Waals surface area (Å²) in [6, 6.07) is 1.61. The molecule has 80 valence electrons. The van der Waals surface area contributed by atoms with Gasteiger partial charge in [-0.15, -0.1) is 0 Å². The van der Waals surface area contributed by atoms with Crippen molar-refractivity contribution in [3.63, 3.8) is 0 Å². The zero-order valence-electron chi connectivity index (χ0n) is 9.29. The number of rotatable bonds is 4. The molecule has 0 heterocycles. The van der Waals surface area contributed by atoms with Gasteiger partial charge in [-0.05, 0) is 19.8 Å². The SMILES string of the molecule is CC(C)[C@H](N)C(=O)NCC(C)(C)C#N. The summed E-state index contributed by atoms with van der Waals surface area (Å²) in [6.45, 7) is 7.66. The number of hydrogen-bond acceptors (Lipinski definition) is 3. The molecule has 0 unspecified atom stereocenters. The minimum absolute atomic E-state index is 0.111. The van der Waals surface area contributed by atoms with Crippen molar-refractivity contribution in [2.75, 3.05) is 6.54 Å². The van der Waals surface area contributed by atoms with Crippen LogP contribution >= 0.6 is 0 Å². The Labute approximate surface area is 85.5 Å². The second-order valence-electron chi connectivity index (χ2n) is 4.48. The Kier molecular flexibility index (Phi) is 4.58. The Morgan fingerprint density at radius 1 is 1.57 bits per heavy atom. The van der Waals surface area contributed by atoms with Crippen LogP contribution in [0.3, 0.4) is 0 Å². The lowest BCUT2D eigenvalue weighted by molar-refractivity contribution is -0.123. The Hall–Kier alpha value is -1.08. The van der Waals surface area contributed by atoms with Gasteiger partial charge in [-0.1, -0.05) is 13.8 Å². The highest BCUT2D eigenvalue weighted by Gasteiger charge is 2.21. The van der Waals surface area contributed by atoms with Crippen LogP contribution in [0.5, 0.6) is 0 Å². The molecule has 0 bridgehead atoms. The molecule has 3 N–H and O–H groups in total. The maximum Gasteiger partial charge on any atom is 0.237 e. The molecule has 0 aliphatic rings. The fraction of sp³-hybridized carbons (Fsp3) is 0.800. The molecule has 0 aliphatic carbocycles. The summed E-state index contributed by atoms with van der Waals surface area (Å²) < 4.78 is 0. The fourth-order valence-corrected chi connectivity index (χ4v) is 0.768. The predicted molar refractivity (Wildman–Crippen MR) is 55.2 cm³/mol. The van der Waals surface area contributed by atoms with Crippen LogP contribution in [0.15, 0.2) is 0 Å². The molecule has 0 aromatic rings. The number of carbonyl (C=O) groups excluding carboxylic acids is 1. The van der Waals surface area contributed by atoms with Crippen LogP contribution in [0, 0.1) is 22.7 Å². The molecular formula is C10H19N3O. The number of carbonyl (C=O) groups is 1. The van der Waals surface area contributed by atoms with Gasteiger partial charge in [0.2, 0.25) is 5.91 Å². The molecule has 0 rings (SSSR count). The van der Waals surface area contributed by atoms with Crippen molar-refractivity contribution in [1.82, 2.24) is 5.32 Å². The van der Waals surface area contributed by atoms with Gasteiger partial charge in [-0.3, -0.25) is 4.79 Å². The first-order valence-electron chi connectivity index (χ1n) is 4.74. The van der Waals surface area contributed by atoms with E-state index in [4.69, 9.17) is 11.0 Å². The van der Waals surface area contributed by atoms with E-state index >= 15 is 0 Å². The van der Waals surface area contributed by atoms with Gasteiger partial charge in [0.15, 0.2) is 0 Å². The van der Waals surface area contributed by atoms with E-state index in [-0.39, 0.29) is 11.8 Å². The molecule has 0 aromatic heterocycles. The van der Waals surface area contributed by atoms with E-state index in [1.807, 2.05) is 13.8 Å². The largest absolute Gasteiger partial charge is 0.353 e. The summed E-state index contributed by atoms with van der Waals surface area (Å²) in [7, 11) is 0. The molecule has 0 aromatic carbocycles. The van der Waals surface area contributed by atoms with Gasteiger partial charge in [-0.25, -0.2) is 0 Å². The van der Waals surface area contributed by atoms with Crippen LogP contribution in [0.4, 0.5) is 0 Å². The molecule has 1 amide bonds. The monoisotopic (exact) mass is 197 g/mol. The zero-order chi connectivity index (χ0) is 11.4. The number of amides is 1. The van der Waals surface area contributed by atoms with Gasteiger partial charge in [-0.2, -0.15) is 5.26 Å². The lowest BCUT2D eigenvalue weighted by Crippen LogP contribution is -2.46. The van der Waals surface area contributed by atoms with E-state index in [9.17, 15) is 4.79 Å². The predicted octanol–water partition coefficient (Wildman–Crippen LogP) is 0.636. The van der Waals surface area contributed by atoms with Gasteiger partial charge in [0, 0.05) is 6.54 Å². The van der Waals surface area contributed by atoms with Crippen molar-refractivity contribution in [3.8, 4) is 6.07 Å². The third kappa shape index (κ3) is 4.24. The van der Waals surface area contributed by atoms with Crippen LogP contribution in [-0.2, 0) is 4.79 Å². The molecule has 0 aliphatic heterocycles. The van der Waals surface area contributed by atoms with Gasteiger partial charge in [0.05, 0.1) is 17.5 Å². The Balaban J connectivity index is 4.05. The molecule has 0 fully saturated rings. The van der Waals surface area contributed by atoms with E-state index in [1.165, 1.54) is 0 Å². The molecule has 4 heteroatoms. The van der Waals surface area contributed by atoms with Crippen molar-refractivity contribution < 1.29 is 4.79 Å². The molecule has 0 spiro atoms. The normalized spacial score (nSPS) is 13.5. The second-order valence-corrected chi connectivity index (χ2v) is 4.48. The van der Waals surface area contributed by atoms with Crippen LogP contribution in [-0.4, -0.2) is 18.5 Å². The summed E-state index contributed by atoms with van der Waals surface area (Å²) in [5.74, 6) is -0.0801. The first-order valence-corrected chi connectivity index (χ1v) is 4.74. The summed E-state index contributed by atoms with van der Waals surface area (Å²) >= 11 is 0. The minimum atomic E-state index is -0.535. The lowest BCUT2D eigenvalue weighted by atomic mass is 9.95. The summed E-state index contributed by atoms with van der Waals surface area (Å²) in [4.78, 5) is 11.4. The highest BCUT2D eigenvalue weighted by Crippen LogP contribution is 2.10. The van der Waals surface area contributed by atoms with Crippen molar-refractivity contribution in [2.45, 2.75) is 33.7 Å². The van der Waals surface area contributed by atoms with Crippen LogP contribution in [0.1, 0.15) is 27.7 Å². The van der Waals surface area contributed by atoms with E-state index in [0.29, 0.717) is 6.54 Å². The van der Waals surface area contributed by atoms with Gasteiger partial charge in [0.1, 0.15) is 0 Å². The molecule has 0 saturated heterocycles. The number of nitrogens with two attached hydrogens (primary N) is 1. The highest BCUT2D eigenvalue weighted by atomic mass is 16.2. The number of nitrogens with one attached hydrogen (secondary N) is 1. The zero-order valence-corrected chi connectivity index (χ0v) is 9.29. The molecule has 0 saturated carbocycles. The molecule has 4 nitrogen and oxygen atoms in total. The van der Waals surface area contributed by atoms with Gasteiger partial charge in [0.25, 0.3) is 0 Å². The van der Waals surface area contributed by atoms with Crippen molar-refractivity contribution in [1.29, 1.82) is 5.26 Å². The molecule has 1 atom stereocenters. The third-order valence-corrected chi connectivity index (χ3v) is 2.03. The van der Waals surface area contributed by atoms with Crippen LogP contribution in [0.2, 0.25) is 0 Å². The standard InChI is InChI=1S/C10H19N3O/c1-7(2)8(12)9(14)13-6-10(3,4)5-11/h7-8H,6,12H2,1-4H3,(H,13,14)/t8-/m0/s1. The lowest BCUT2D eigenvalue weighted by Gasteiger charge is -2.19. The average Bonchev–Trinajstić information content (AvgIpc) is 2.13. The smallest absolute Gasteiger partial charge is 0.237 e. The van der Waals surface area contributed by atoms with Crippen LogP contribution < -0.4 is 11.1 Å².